The number of aliphatic hydroxyl groups excluding tert-OH is 1. The molecule has 0 fully saturated rings. The molecule has 0 spiro atoms. The van der Waals surface area contributed by atoms with Crippen molar-refractivity contribution in [2.45, 2.75) is 12.8 Å². The summed E-state index contributed by atoms with van der Waals surface area (Å²) in [5, 5.41) is 23.1. The van der Waals surface area contributed by atoms with Gasteiger partial charge in [-0.3, -0.25) is 9.59 Å². The van der Waals surface area contributed by atoms with Gasteiger partial charge in [0.15, 0.2) is 16.9 Å². The average molecular weight is 348 g/mol. The lowest BCUT2D eigenvalue weighted by Gasteiger charge is -1.97. The first-order chi connectivity index (χ1) is 11.1. The standard InChI is InChI=1S/C16H13N3O4.ClH/c20-11(6-7-13(22)23)14-12(21)8-9-19-16(14)17-15(18-19)10-4-2-1-3-5-10;/h1-5,8-9,20H,6-7H2,(H,22,23);1H. The lowest BCUT2D eigenvalue weighted by molar-refractivity contribution is -0.136. The van der Waals surface area contributed by atoms with Crippen LogP contribution in [0.3, 0.4) is 0 Å². The highest BCUT2D eigenvalue weighted by Crippen LogP contribution is 2.14. The molecule has 3 rings (SSSR count). The van der Waals surface area contributed by atoms with Crippen molar-refractivity contribution < 1.29 is 15.0 Å². The molecule has 0 saturated carbocycles. The first-order valence-corrected chi connectivity index (χ1v) is 6.95. The first-order valence-electron chi connectivity index (χ1n) is 6.95. The highest BCUT2D eigenvalue weighted by molar-refractivity contribution is 5.85. The maximum absolute atomic E-state index is 12.1. The number of nitrogens with zero attached hydrogens (tertiary/aromatic N) is 3. The van der Waals surface area contributed by atoms with Gasteiger partial charge in [-0.05, 0) is 0 Å². The van der Waals surface area contributed by atoms with Crippen molar-refractivity contribution in [3.63, 3.8) is 0 Å². The van der Waals surface area contributed by atoms with E-state index in [0.717, 1.165) is 5.56 Å². The smallest absolute Gasteiger partial charge is 0.303 e. The molecule has 0 bridgehead atoms. The van der Waals surface area contributed by atoms with Crippen LogP contribution in [-0.2, 0) is 4.79 Å². The number of rotatable bonds is 4. The van der Waals surface area contributed by atoms with Crippen LogP contribution in [0.4, 0.5) is 0 Å². The Morgan fingerprint density at radius 3 is 2.46 bits per heavy atom. The van der Waals surface area contributed by atoms with Gasteiger partial charge in [-0.25, -0.2) is 9.50 Å². The molecule has 0 saturated heterocycles. The molecule has 2 aromatic heterocycles. The van der Waals surface area contributed by atoms with Gasteiger partial charge >= 0.3 is 5.97 Å². The third kappa shape index (κ3) is 3.36. The Bertz CT molecular complexity index is 986. The number of pyridine rings is 1. The molecule has 8 heteroatoms. The quantitative estimate of drug-likeness (QED) is 0.739. The van der Waals surface area contributed by atoms with Crippen LogP contribution in [0.25, 0.3) is 22.8 Å². The predicted octanol–water partition coefficient (Wildman–Crippen LogP) is 1.43. The van der Waals surface area contributed by atoms with E-state index in [1.54, 1.807) is 0 Å². The van der Waals surface area contributed by atoms with Crippen molar-refractivity contribution in [2.75, 3.05) is 0 Å². The van der Waals surface area contributed by atoms with Crippen molar-refractivity contribution in [1.82, 2.24) is 14.6 Å². The van der Waals surface area contributed by atoms with Gasteiger partial charge in [0.1, 0.15) is 11.0 Å². The number of aliphatic carboxylic acids is 1. The maximum atomic E-state index is 12.1. The van der Waals surface area contributed by atoms with E-state index >= 15 is 0 Å². The zero-order valence-corrected chi connectivity index (χ0v) is 13.2. The van der Waals surface area contributed by atoms with E-state index < -0.39 is 11.4 Å². The van der Waals surface area contributed by atoms with Crippen molar-refractivity contribution in [2.24, 2.45) is 0 Å². The number of carboxylic acids is 1. The fraction of sp³-hybridized carbons (Fsp3) is 0.125. The molecule has 0 aliphatic rings. The summed E-state index contributed by atoms with van der Waals surface area (Å²) in [6.07, 6.45) is 1.05. The molecule has 0 unspecified atom stereocenters. The van der Waals surface area contributed by atoms with Crippen LogP contribution in [0.2, 0.25) is 0 Å². The second-order valence-electron chi connectivity index (χ2n) is 4.97. The summed E-state index contributed by atoms with van der Waals surface area (Å²) in [5.41, 5.74) is 0.561. The monoisotopic (exact) mass is 347 g/mol. The van der Waals surface area contributed by atoms with E-state index in [2.05, 4.69) is 10.1 Å². The minimum absolute atomic E-state index is 0. The van der Waals surface area contributed by atoms with Gasteiger partial charge in [0.25, 0.3) is 0 Å². The number of halogens is 1. The lowest BCUT2D eigenvalue weighted by Crippen LogP contribution is -2.29. The molecule has 1 aromatic carbocycles. The van der Waals surface area contributed by atoms with Gasteiger partial charge in [-0.15, -0.1) is 17.5 Å². The zero-order chi connectivity index (χ0) is 16.4. The number of fused-ring (bicyclic) bond motifs is 1. The second kappa shape index (κ2) is 7.10. The van der Waals surface area contributed by atoms with Crippen LogP contribution < -0.4 is 10.6 Å². The molecule has 24 heavy (non-hydrogen) atoms. The van der Waals surface area contributed by atoms with Gasteiger partial charge < -0.3 is 10.2 Å². The van der Waals surface area contributed by atoms with Crippen molar-refractivity contribution in [3.8, 4) is 11.4 Å². The second-order valence-corrected chi connectivity index (χ2v) is 4.97. The summed E-state index contributed by atoms with van der Waals surface area (Å²) in [6.45, 7) is 0. The maximum Gasteiger partial charge on any atom is 0.303 e. The molecule has 0 radical (unpaired) electrons. The molecule has 0 aliphatic carbocycles. The third-order valence-corrected chi connectivity index (χ3v) is 3.36. The molecule has 2 heterocycles. The van der Waals surface area contributed by atoms with Crippen molar-refractivity contribution in [3.05, 3.63) is 58.0 Å². The van der Waals surface area contributed by atoms with E-state index in [-0.39, 0.29) is 41.9 Å². The van der Waals surface area contributed by atoms with Gasteiger partial charge in [0, 0.05) is 24.2 Å². The number of hydrogen-bond acceptors (Lipinski definition) is 5. The Labute approximate surface area is 142 Å². The predicted molar refractivity (Wildman–Crippen MR) is 90.1 cm³/mol. The summed E-state index contributed by atoms with van der Waals surface area (Å²) in [5.74, 6) is -0.930. The highest BCUT2D eigenvalue weighted by Gasteiger charge is 2.12. The summed E-state index contributed by atoms with van der Waals surface area (Å²) in [6, 6.07) is 10.5. The summed E-state index contributed by atoms with van der Waals surface area (Å²) < 4.78 is 1.40. The average Bonchev–Trinajstić information content (AvgIpc) is 2.97. The van der Waals surface area contributed by atoms with E-state index in [4.69, 9.17) is 5.11 Å². The Balaban J connectivity index is 0.00000208. The Hall–Kier alpha value is -2.93. The Morgan fingerprint density at radius 2 is 1.79 bits per heavy atom. The normalized spacial score (nSPS) is 11.8. The van der Waals surface area contributed by atoms with Crippen LogP contribution in [0.5, 0.6) is 0 Å². The molecular weight excluding hydrogens is 334 g/mol. The fourth-order valence-corrected chi connectivity index (χ4v) is 2.26. The number of benzene rings is 1. The Morgan fingerprint density at radius 1 is 1.08 bits per heavy atom. The lowest BCUT2D eigenvalue weighted by atomic mass is 10.2. The van der Waals surface area contributed by atoms with Crippen molar-refractivity contribution >= 4 is 29.8 Å². The topological polar surface area (TPSA) is 105 Å². The van der Waals surface area contributed by atoms with E-state index in [1.165, 1.54) is 16.8 Å². The molecule has 0 atom stereocenters. The molecule has 124 valence electrons. The number of carbonyl (C=O) groups is 1. The SMILES string of the molecule is Cl.O=C(O)CCC(O)=c1c(=O)ccn2nc(-c3ccccc3)nc12. The summed E-state index contributed by atoms with van der Waals surface area (Å²) in [4.78, 5) is 27.0. The highest BCUT2D eigenvalue weighted by atomic mass is 35.5. The molecule has 0 amide bonds. The van der Waals surface area contributed by atoms with Crippen molar-refractivity contribution in [1.29, 1.82) is 0 Å². The number of hydrogen-bond donors (Lipinski definition) is 2. The molecule has 2 N–H and O–H groups in total. The van der Waals surface area contributed by atoms with Crippen LogP contribution >= 0.6 is 12.4 Å². The zero-order valence-electron chi connectivity index (χ0n) is 12.4. The van der Waals surface area contributed by atoms with Crippen LogP contribution in [0.15, 0.2) is 47.4 Å². The third-order valence-electron chi connectivity index (χ3n) is 3.36. The first kappa shape index (κ1) is 17.4. The van der Waals surface area contributed by atoms with E-state index in [0.29, 0.717) is 5.82 Å². The van der Waals surface area contributed by atoms with Crippen LogP contribution in [-0.4, -0.2) is 30.8 Å². The van der Waals surface area contributed by atoms with Gasteiger partial charge in [0.2, 0.25) is 0 Å². The largest absolute Gasteiger partial charge is 0.511 e. The minimum Gasteiger partial charge on any atom is -0.511 e. The van der Waals surface area contributed by atoms with Gasteiger partial charge in [-0.1, -0.05) is 30.3 Å². The number of carboxylic acid groups (broad SMARTS) is 1. The van der Waals surface area contributed by atoms with Crippen LogP contribution in [0, 0.1) is 0 Å². The van der Waals surface area contributed by atoms with Crippen LogP contribution in [0.1, 0.15) is 12.8 Å². The van der Waals surface area contributed by atoms with Gasteiger partial charge in [0.05, 0.1) is 6.42 Å². The summed E-state index contributed by atoms with van der Waals surface area (Å²) in [7, 11) is 0. The van der Waals surface area contributed by atoms with E-state index in [9.17, 15) is 14.7 Å². The summed E-state index contributed by atoms with van der Waals surface area (Å²) >= 11 is 0. The number of aliphatic hydroxyl groups is 1. The molecular formula is C16H14ClN3O4. The minimum atomic E-state index is -1.05. The Kier molecular flexibility index (Phi) is 5.15. The molecule has 3 aromatic rings. The molecule has 0 aliphatic heterocycles. The fourth-order valence-electron chi connectivity index (χ4n) is 2.26. The number of aromatic nitrogens is 3. The van der Waals surface area contributed by atoms with Gasteiger partial charge in [-0.2, -0.15) is 0 Å². The van der Waals surface area contributed by atoms with E-state index in [1.807, 2.05) is 30.3 Å². The molecule has 7 nitrogen and oxygen atoms in total.